The highest BCUT2D eigenvalue weighted by Crippen LogP contribution is 2.19. The van der Waals surface area contributed by atoms with Crippen molar-refractivity contribution < 1.29 is 20.1 Å². The van der Waals surface area contributed by atoms with Crippen LogP contribution in [0.3, 0.4) is 0 Å². The van der Waals surface area contributed by atoms with Crippen molar-refractivity contribution in [1.82, 2.24) is 5.32 Å². The second kappa shape index (κ2) is 52.0. The summed E-state index contributed by atoms with van der Waals surface area (Å²) >= 11 is 0. The van der Waals surface area contributed by atoms with E-state index < -0.39 is 18.2 Å². The van der Waals surface area contributed by atoms with Crippen molar-refractivity contribution in [1.29, 1.82) is 0 Å². The van der Waals surface area contributed by atoms with Crippen LogP contribution in [-0.4, -0.2) is 46.1 Å². The normalized spacial score (nSPS) is 13.2. The van der Waals surface area contributed by atoms with Crippen LogP contribution in [0.1, 0.15) is 328 Å². The molecule has 61 heavy (non-hydrogen) atoms. The molecule has 5 heteroatoms. The van der Waals surface area contributed by atoms with Crippen molar-refractivity contribution in [2.24, 2.45) is 0 Å². The van der Waals surface area contributed by atoms with Gasteiger partial charge in [0.15, 0.2) is 0 Å². The van der Waals surface area contributed by atoms with Gasteiger partial charge in [0.05, 0.1) is 31.3 Å². The largest absolute Gasteiger partial charge is 0.394 e. The molecule has 0 saturated carbocycles. The Morgan fingerprint density at radius 1 is 0.344 bits per heavy atom. The van der Waals surface area contributed by atoms with Gasteiger partial charge in [-0.15, -0.1) is 0 Å². The molecule has 0 aromatic carbocycles. The lowest BCUT2D eigenvalue weighted by molar-refractivity contribution is -0.125. The highest BCUT2D eigenvalue weighted by molar-refractivity contribution is 5.76. The fourth-order valence-corrected chi connectivity index (χ4v) is 9.35. The maximum absolute atomic E-state index is 12.5. The van der Waals surface area contributed by atoms with E-state index in [2.05, 4.69) is 19.2 Å². The number of rotatable bonds is 53. The molecule has 3 unspecified atom stereocenters. The predicted molar refractivity (Wildman–Crippen MR) is 269 cm³/mol. The molecule has 366 valence electrons. The number of unbranched alkanes of at least 4 members (excludes halogenated alkanes) is 44. The Hall–Kier alpha value is -0.650. The summed E-state index contributed by atoms with van der Waals surface area (Å²) in [5, 5.41) is 33.5. The van der Waals surface area contributed by atoms with Crippen LogP contribution in [0, 0.1) is 0 Å². The minimum Gasteiger partial charge on any atom is -0.394 e. The minimum atomic E-state index is -0.744. The fraction of sp³-hybridized carbons (Fsp3) is 0.982. The van der Waals surface area contributed by atoms with Crippen LogP contribution in [0.25, 0.3) is 0 Å². The number of aliphatic hydroxyl groups excluding tert-OH is 3. The zero-order valence-corrected chi connectivity index (χ0v) is 41.8. The van der Waals surface area contributed by atoms with Gasteiger partial charge in [0, 0.05) is 0 Å². The monoisotopic (exact) mass is 864 g/mol. The maximum Gasteiger partial charge on any atom is 0.222 e. The average Bonchev–Trinajstić information content (AvgIpc) is 3.25. The molecule has 0 saturated heterocycles. The highest BCUT2D eigenvalue weighted by atomic mass is 16.3. The summed E-state index contributed by atoms with van der Waals surface area (Å²) in [5.41, 5.74) is 0. The van der Waals surface area contributed by atoms with Crippen LogP contribution in [0.5, 0.6) is 0 Å². The molecule has 0 aliphatic rings. The Kier molecular flexibility index (Phi) is 51.4. The molecule has 0 aliphatic carbocycles. The first-order valence-electron chi connectivity index (χ1n) is 28.3. The first-order valence-corrected chi connectivity index (χ1v) is 28.3. The number of hydrogen-bond acceptors (Lipinski definition) is 4. The molecule has 0 heterocycles. The number of amides is 1. The van der Waals surface area contributed by atoms with E-state index in [1.807, 2.05) is 0 Å². The second-order valence-electron chi connectivity index (χ2n) is 19.9. The average molecular weight is 865 g/mol. The number of hydrogen-bond donors (Lipinski definition) is 4. The summed E-state index contributed by atoms with van der Waals surface area (Å²) in [5.74, 6) is -0.276. The smallest absolute Gasteiger partial charge is 0.222 e. The van der Waals surface area contributed by atoms with E-state index in [-0.39, 0.29) is 18.9 Å². The van der Waals surface area contributed by atoms with Gasteiger partial charge in [-0.25, -0.2) is 0 Å². The van der Waals surface area contributed by atoms with E-state index in [0.717, 1.165) is 25.7 Å². The summed E-state index contributed by atoms with van der Waals surface area (Å²) in [6.07, 6.45) is 62.8. The predicted octanol–water partition coefficient (Wildman–Crippen LogP) is 17.3. The fourth-order valence-electron chi connectivity index (χ4n) is 9.35. The first-order chi connectivity index (χ1) is 30.0. The Morgan fingerprint density at radius 2 is 0.557 bits per heavy atom. The van der Waals surface area contributed by atoms with Crippen LogP contribution < -0.4 is 5.32 Å². The van der Waals surface area contributed by atoms with Crippen LogP contribution in [0.4, 0.5) is 0 Å². The Labute approximate surface area is 383 Å². The Balaban J connectivity index is 3.41. The molecular formula is C56H113NO4. The SMILES string of the molecule is CCCCCCCCCCCCCCCCCCCCCCCCCCCCCCCCCCCC(O)CC(=O)NC(CO)C(O)CCCCCCCCCCCCCCC. The standard InChI is InChI=1S/C56H113NO4/c1-3-5-7-9-11-13-15-17-18-19-20-21-22-23-24-25-26-27-28-29-30-31-32-33-34-35-36-38-39-41-43-45-47-49-53(59)51-56(61)57-54(52-58)55(60)50-48-46-44-42-40-37-16-14-12-10-8-6-4-2/h53-55,58-60H,3-52H2,1-2H3,(H,57,61). The van der Waals surface area contributed by atoms with Gasteiger partial charge in [-0.3, -0.25) is 4.79 Å². The van der Waals surface area contributed by atoms with E-state index in [9.17, 15) is 20.1 Å². The maximum atomic E-state index is 12.5. The lowest BCUT2D eigenvalue weighted by Gasteiger charge is -2.23. The molecule has 0 radical (unpaired) electrons. The van der Waals surface area contributed by atoms with Crippen molar-refractivity contribution >= 4 is 5.91 Å². The van der Waals surface area contributed by atoms with Crippen molar-refractivity contribution in [3.8, 4) is 0 Å². The van der Waals surface area contributed by atoms with Crippen LogP contribution in [-0.2, 0) is 4.79 Å². The number of carbonyl (C=O) groups excluding carboxylic acids is 1. The Bertz CT molecular complexity index is 822. The van der Waals surface area contributed by atoms with Crippen molar-refractivity contribution in [2.75, 3.05) is 6.61 Å². The third-order valence-corrected chi connectivity index (χ3v) is 13.7. The van der Waals surface area contributed by atoms with Crippen LogP contribution in [0.15, 0.2) is 0 Å². The number of aliphatic hydroxyl groups is 3. The number of nitrogens with one attached hydrogen (secondary N) is 1. The van der Waals surface area contributed by atoms with E-state index in [4.69, 9.17) is 0 Å². The lowest BCUT2D eigenvalue weighted by atomic mass is 10.0. The quantitative estimate of drug-likeness (QED) is 0.0459. The topological polar surface area (TPSA) is 89.8 Å². The third kappa shape index (κ3) is 48.6. The molecule has 0 aromatic rings. The molecule has 4 N–H and O–H groups in total. The minimum absolute atomic E-state index is 0.0432. The van der Waals surface area contributed by atoms with Crippen molar-refractivity contribution in [2.45, 2.75) is 347 Å². The molecule has 0 spiro atoms. The van der Waals surface area contributed by atoms with E-state index in [1.165, 1.54) is 270 Å². The molecule has 5 nitrogen and oxygen atoms in total. The van der Waals surface area contributed by atoms with Gasteiger partial charge in [0.25, 0.3) is 0 Å². The molecule has 0 aromatic heterocycles. The van der Waals surface area contributed by atoms with Crippen LogP contribution >= 0.6 is 0 Å². The van der Waals surface area contributed by atoms with Crippen molar-refractivity contribution in [3.05, 3.63) is 0 Å². The summed E-state index contributed by atoms with van der Waals surface area (Å²) < 4.78 is 0. The van der Waals surface area contributed by atoms with Gasteiger partial charge in [-0.05, 0) is 12.8 Å². The molecule has 0 rings (SSSR count). The van der Waals surface area contributed by atoms with Gasteiger partial charge < -0.3 is 20.6 Å². The van der Waals surface area contributed by atoms with Crippen LogP contribution in [0.2, 0.25) is 0 Å². The molecule has 0 bridgehead atoms. The van der Waals surface area contributed by atoms with Gasteiger partial charge in [0.1, 0.15) is 0 Å². The molecular weight excluding hydrogens is 751 g/mol. The third-order valence-electron chi connectivity index (χ3n) is 13.7. The van der Waals surface area contributed by atoms with Gasteiger partial charge in [0.2, 0.25) is 5.91 Å². The van der Waals surface area contributed by atoms with Gasteiger partial charge >= 0.3 is 0 Å². The summed E-state index contributed by atoms with van der Waals surface area (Å²) in [6, 6.07) is -0.653. The summed E-state index contributed by atoms with van der Waals surface area (Å²) in [4.78, 5) is 12.5. The molecule has 0 fully saturated rings. The molecule has 0 aliphatic heterocycles. The first kappa shape index (κ1) is 60.4. The highest BCUT2D eigenvalue weighted by Gasteiger charge is 2.21. The second-order valence-corrected chi connectivity index (χ2v) is 19.9. The zero-order valence-electron chi connectivity index (χ0n) is 41.8. The van der Waals surface area contributed by atoms with Gasteiger partial charge in [-0.1, -0.05) is 309 Å². The summed E-state index contributed by atoms with van der Waals surface area (Å²) in [7, 11) is 0. The molecule has 1 amide bonds. The molecule has 3 atom stereocenters. The summed E-state index contributed by atoms with van der Waals surface area (Å²) in [6.45, 7) is 4.29. The lowest BCUT2D eigenvalue weighted by Crippen LogP contribution is -2.46. The number of carbonyl (C=O) groups is 1. The van der Waals surface area contributed by atoms with Crippen molar-refractivity contribution in [3.63, 3.8) is 0 Å². The van der Waals surface area contributed by atoms with Gasteiger partial charge in [-0.2, -0.15) is 0 Å². The van der Waals surface area contributed by atoms with E-state index in [0.29, 0.717) is 12.8 Å². The zero-order chi connectivity index (χ0) is 44.4. The van der Waals surface area contributed by atoms with E-state index in [1.54, 1.807) is 0 Å². The Morgan fingerprint density at radius 3 is 0.787 bits per heavy atom. The van der Waals surface area contributed by atoms with E-state index >= 15 is 0 Å².